The molecule has 2 saturated heterocycles. The lowest BCUT2D eigenvalue weighted by Crippen LogP contribution is -2.38. The number of fused-ring (bicyclic) bond motifs is 1. The number of nitrogens with one attached hydrogen (secondary N) is 1. The van der Waals surface area contributed by atoms with Gasteiger partial charge in [-0.2, -0.15) is 0 Å². The van der Waals surface area contributed by atoms with Gasteiger partial charge in [0.2, 0.25) is 0 Å². The standard InChI is InChI=1S/C23H25FN4O2.C2H6/c1-14-4-6-16(7-5-14)23(29)28-10-8-15(9-11-28)19-17(24)13-25-22-20(19)26-21(27-22)18-3-2-12-30-18;1-2/h4-7,13,15,18H,2-3,8-12H2,1H3,(H,25,26,27);1-2H3. The van der Waals surface area contributed by atoms with Gasteiger partial charge in [0.25, 0.3) is 5.91 Å². The molecule has 2 aromatic heterocycles. The smallest absolute Gasteiger partial charge is 0.253 e. The fourth-order valence-corrected chi connectivity index (χ4v) is 4.56. The maximum absolute atomic E-state index is 14.8. The molecule has 1 aromatic carbocycles. The summed E-state index contributed by atoms with van der Waals surface area (Å²) in [4.78, 5) is 26.7. The fourth-order valence-electron chi connectivity index (χ4n) is 4.56. The third-order valence-electron chi connectivity index (χ3n) is 6.25. The number of piperidine rings is 1. The molecule has 0 aliphatic carbocycles. The lowest BCUT2D eigenvalue weighted by Gasteiger charge is -2.32. The topological polar surface area (TPSA) is 71.1 Å². The first-order valence-corrected chi connectivity index (χ1v) is 11.6. The van der Waals surface area contributed by atoms with E-state index in [-0.39, 0.29) is 23.7 Å². The number of carbonyl (C=O) groups is 1. The number of H-pyrrole nitrogens is 1. The molecule has 0 bridgehead atoms. The van der Waals surface area contributed by atoms with Gasteiger partial charge in [-0.3, -0.25) is 4.79 Å². The predicted octanol–water partition coefficient (Wildman–Crippen LogP) is 5.30. The highest BCUT2D eigenvalue weighted by Crippen LogP contribution is 2.35. The minimum Gasteiger partial charge on any atom is -0.370 e. The van der Waals surface area contributed by atoms with Crippen molar-refractivity contribution in [1.29, 1.82) is 0 Å². The molecule has 0 spiro atoms. The van der Waals surface area contributed by atoms with Gasteiger partial charge in [-0.25, -0.2) is 14.4 Å². The minimum absolute atomic E-state index is 0.0235. The summed E-state index contributed by atoms with van der Waals surface area (Å²) in [5.74, 6) is 0.480. The van der Waals surface area contributed by atoms with Crippen LogP contribution in [-0.2, 0) is 4.74 Å². The molecule has 2 aliphatic rings. The summed E-state index contributed by atoms with van der Waals surface area (Å²) in [7, 11) is 0. The highest BCUT2D eigenvalue weighted by atomic mass is 19.1. The van der Waals surface area contributed by atoms with Crippen LogP contribution in [0.3, 0.4) is 0 Å². The number of pyridine rings is 1. The Morgan fingerprint density at radius 2 is 1.88 bits per heavy atom. The molecule has 2 fully saturated rings. The number of halogens is 1. The Kier molecular flexibility index (Phi) is 6.84. The molecule has 1 N–H and O–H groups in total. The number of amides is 1. The van der Waals surface area contributed by atoms with Crippen LogP contribution in [0, 0.1) is 12.7 Å². The summed E-state index contributed by atoms with van der Waals surface area (Å²) in [5, 5.41) is 0. The maximum Gasteiger partial charge on any atom is 0.253 e. The second kappa shape index (κ2) is 9.77. The number of hydrogen-bond donors (Lipinski definition) is 1. The van der Waals surface area contributed by atoms with Crippen LogP contribution >= 0.6 is 0 Å². The van der Waals surface area contributed by atoms with Crippen LogP contribution in [0.2, 0.25) is 0 Å². The van der Waals surface area contributed by atoms with Crippen molar-refractivity contribution in [2.75, 3.05) is 19.7 Å². The molecule has 7 heteroatoms. The second-order valence-corrected chi connectivity index (χ2v) is 8.27. The van der Waals surface area contributed by atoms with E-state index in [1.54, 1.807) is 0 Å². The van der Waals surface area contributed by atoms with Crippen LogP contribution in [0.15, 0.2) is 30.5 Å². The molecule has 5 rings (SSSR count). The van der Waals surface area contributed by atoms with Crippen molar-refractivity contribution in [2.45, 2.75) is 58.5 Å². The van der Waals surface area contributed by atoms with Crippen molar-refractivity contribution < 1.29 is 13.9 Å². The molecule has 6 nitrogen and oxygen atoms in total. The average Bonchev–Trinajstić information content (AvgIpc) is 3.51. The molecule has 4 heterocycles. The van der Waals surface area contributed by atoms with Gasteiger partial charge in [0.15, 0.2) is 5.65 Å². The summed E-state index contributed by atoms with van der Waals surface area (Å²) in [6.45, 7) is 7.94. The SMILES string of the molecule is CC.Cc1ccc(C(=O)N2CCC(c3c(F)cnc4nc(C5CCCO5)[nH]c34)CC2)cc1. The van der Waals surface area contributed by atoms with Gasteiger partial charge in [0, 0.05) is 30.8 Å². The molecule has 2 aliphatic heterocycles. The van der Waals surface area contributed by atoms with E-state index in [1.165, 1.54) is 6.20 Å². The van der Waals surface area contributed by atoms with E-state index < -0.39 is 0 Å². The van der Waals surface area contributed by atoms with E-state index in [4.69, 9.17) is 4.74 Å². The van der Waals surface area contributed by atoms with Gasteiger partial charge < -0.3 is 14.6 Å². The first-order valence-electron chi connectivity index (χ1n) is 11.6. The van der Waals surface area contributed by atoms with Crippen LogP contribution < -0.4 is 0 Å². The van der Waals surface area contributed by atoms with Crippen LogP contribution in [0.1, 0.15) is 78.9 Å². The van der Waals surface area contributed by atoms with Crippen LogP contribution in [-0.4, -0.2) is 45.5 Å². The van der Waals surface area contributed by atoms with Gasteiger partial charge in [-0.15, -0.1) is 0 Å². The zero-order valence-electron chi connectivity index (χ0n) is 19.0. The zero-order chi connectivity index (χ0) is 22.7. The van der Waals surface area contributed by atoms with Gasteiger partial charge in [0.05, 0.1) is 11.7 Å². The molecule has 32 heavy (non-hydrogen) atoms. The summed E-state index contributed by atoms with van der Waals surface area (Å²) in [6.07, 6.45) is 4.54. The number of benzene rings is 1. The monoisotopic (exact) mass is 438 g/mol. The summed E-state index contributed by atoms with van der Waals surface area (Å²) in [5.41, 5.74) is 3.67. The number of carbonyl (C=O) groups excluding carboxylic acids is 1. The minimum atomic E-state index is -0.312. The van der Waals surface area contributed by atoms with Gasteiger partial charge in [-0.1, -0.05) is 31.5 Å². The van der Waals surface area contributed by atoms with Crippen LogP contribution in [0.25, 0.3) is 11.2 Å². The van der Waals surface area contributed by atoms with Crippen molar-refractivity contribution >= 4 is 17.1 Å². The molecule has 0 saturated carbocycles. The number of hydrogen-bond acceptors (Lipinski definition) is 4. The van der Waals surface area contributed by atoms with E-state index >= 15 is 0 Å². The largest absolute Gasteiger partial charge is 0.370 e. The number of aryl methyl sites for hydroxylation is 1. The molecule has 170 valence electrons. The lowest BCUT2D eigenvalue weighted by atomic mass is 9.88. The molecular weight excluding hydrogens is 407 g/mol. The number of ether oxygens (including phenoxy) is 1. The Morgan fingerprint density at radius 3 is 2.53 bits per heavy atom. The third kappa shape index (κ3) is 4.39. The van der Waals surface area contributed by atoms with E-state index in [1.807, 2.05) is 49.9 Å². The highest BCUT2D eigenvalue weighted by Gasteiger charge is 2.30. The highest BCUT2D eigenvalue weighted by molar-refractivity contribution is 5.94. The van der Waals surface area contributed by atoms with E-state index in [9.17, 15) is 9.18 Å². The van der Waals surface area contributed by atoms with Crippen molar-refractivity contribution in [3.8, 4) is 0 Å². The predicted molar refractivity (Wildman–Crippen MR) is 122 cm³/mol. The second-order valence-electron chi connectivity index (χ2n) is 8.27. The number of nitrogens with zero attached hydrogens (tertiary/aromatic N) is 3. The van der Waals surface area contributed by atoms with Crippen molar-refractivity contribution in [2.24, 2.45) is 0 Å². The lowest BCUT2D eigenvalue weighted by molar-refractivity contribution is 0.0712. The number of imidazole rings is 1. The van der Waals surface area contributed by atoms with Crippen molar-refractivity contribution in [3.63, 3.8) is 0 Å². The normalized spacial score (nSPS) is 19.1. The number of rotatable bonds is 3. The summed E-state index contributed by atoms with van der Waals surface area (Å²) in [6, 6.07) is 7.64. The Bertz CT molecular complexity index is 1070. The van der Waals surface area contributed by atoms with Gasteiger partial charge in [0.1, 0.15) is 17.7 Å². The number of likely N-dealkylation sites (tertiary alicyclic amines) is 1. The van der Waals surface area contributed by atoms with Gasteiger partial charge in [-0.05, 0) is 50.7 Å². The summed E-state index contributed by atoms with van der Waals surface area (Å²) >= 11 is 0. The maximum atomic E-state index is 14.8. The Balaban J connectivity index is 0.00000119. The molecular formula is C25H31FN4O2. The summed E-state index contributed by atoms with van der Waals surface area (Å²) < 4.78 is 20.5. The first-order chi connectivity index (χ1) is 15.6. The quantitative estimate of drug-likeness (QED) is 0.602. The average molecular weight is 439 g/mol. The molecule has 1 amide bonds. The molecule has 1 atom stereocenters. The number of aromatic amines is 1. The molecule has 1 unspecified atom stereocenters. The fraction of sp³-hybridized carbons (Fsp3) is 0.480. The van der Waals surface area contributed by atoms with E-state index in [0.717, 1.165) is 30.8 Å². The van der Waals surface area contributed by atoms with Crippen LogP contribution in [0.4, 0.5) is 4.39 Å². The van der Waals surface area contributed by atoms with Gasteiger partial charge >= 0.3 is 0 Å². The third-order valence-corrected chi connectivity index (χ3v) is 6.25. The van der Waals surface area contributed by atoms with E-state index in [0.29, 0.717) is 48.2 Å². The Morgan fingerprint density at radius 1 is 1.16 bits per heavy atom. The van der Waals surface area contributed by atoms with E-state index in [2.05, 4.69) is 15.0 Å². The molecule has 0 radical (unpaired) electrons. The first kappa shape index (κ1) is 22.4. The molecule has 3 aromatic rings. The van der Waals surface area contributed by atoms with Crippen LogP contribution in [0.5, 0.6) is 0 Å². The Labute approximate surface area is 188 Å². The zero-order valence-corrected chi connectivity index (χ0v) is 19.0. The van der Waals surface area contributed by atoms with Crippen molar-refractivity contribution in [1.82, 2.24) is 19.9 Å². The Hall–Kier alpha value is -2.80. The van der Waals surface area contributed by atoms with Crippen molar-refractivity contribution in [3.05, 3.63) is 58.8 Å². The number of aromatic nitrogens is 3.